The molecule has 0 heterocycles. The molecule has 0 aliphatic rings. The van der Waals surface area contributed by atoms with E-state index in [-0.39, 0.29) is 12.4 Å². The van der Waals surface area contributed by atoms with Crippen LogP contribution >= 0.6 is 24.0 Å². The molecule has 4 rings (SSSR count). The molecule has 0 fully saturated rings. The fourth-order valence-electron chi connectivity index (χ4n) is 3.48. The van der Waals surface area contributed by atoms with Gasteiger partial charge in [-0.15, -0.1) is 12.4 Å². The lowest BCUT2D eigenvalue weighted by Crippen LogP contribution is -2.14. The van der Waals surface area contributed by atoms with E-state index in [0.29, 0.717) is 13.2 Å². The Labute approximate surface area is 194 Å². The van der Waals surface area contributed by atoms with E-state index in [1.165, 1.54) is 16.3 Å². The summed E-state index contributed by atoms with van der Waals surface area (Å²) in [7, 11) is 1.68. The van der Waals surface area contributed by atoms with E-state index < -0.39 is 0 Å². The number of hydrogen-bond acceptors (Lipinski definition) is 3. The molecule has 0 atom stereocenters. The molecule has 31 heavy (non-hydrogen) atoms. The Morgan fingerprint density at radius 3 is 2.32 bits per heavy atom. The summed E-state index contributed by atoms with van der Waals surface area (Å²) in [5.41, 5.74) is 3.33. The lowest BCUT2D eigenvalue weighted by atomic mass is 10.0. The molecule has 0 bridgehead atoms. The van der Waals surface area contributed by atoms with Gasteiger partial charge in [0.15, 0.2) is 0 Å². The van der Waals surface area contributed by atoms with Gasteiger partial charge in [0.2, 0.25) is 0 Å². The van der Waals surface area contributed by atoms with Crippen LogP contribution < -0.4 is 14.8 Å². The van der Waals surface area contributed by atoms with Gasteiger partial charge in [0.05, 0.1) is 7.11 Å². The molecule has 0 aromatic heterocycles. The van der Waals surface area contributed by atoms with Gasteiger partial charge >= 0.3 is 0 Å². The molecule has 160 valence electrons. The first-order valence-electron chi connectivity index (χ1n) is 9.95. The number of benzene rings is 4. The average Bonchev–Trinajstić information content (AvgIpc) is 2.79. The van der Waals surface area contributed by atoms with Crippen molar-refractivity contribution in [3.63, 3.8) is 0 Å². The summed E-state index contributed by atoms with van der Waals surface area (Å²) in [6, 6.07) is 28.4. The zero-order valence-corrected chi connectivity index (χ0v) is 18.9. The number of fused-ring (bicyclic) bond motifs is 1. The third-order valence-corrected chi connectivity index (χ3v) is 5.50. The van der Waals surface area contributed by atoms with Crippen molar-refractivity contribution in [1.82, 2.24) is 5.32 Å². The van der Waals surface area contributed by atoms with E-state index in [0.717, 1.165) is 34.2 Å². The summed E-state index contributed by atoms with van der Waals surface area (Å²) < 4.78 is 11.4. The maximum Gasteiger partial charge on any atom is 0.124 e. The van der Waals surface area contributed by atoms with Crippen molar-refractivity contribution in [3.05, 3.63) is 107 Å². The van der Waals surface area contributed by atoms with Crippen molar-refractivity contribution in [3.8, 4) is 11.5 Å². The first-order valence-corrected chi connectivity index (χ1v) is 10.3. The van der Waals surface area contributed by atoms with Crippen LogP contribution in [0.5, 0.6) is 11.5 Å². The fourth-order valence-corrected chi connectivity index (χ4v) is 3.67. The lowest BCUT2D eigenvalue weighted by molar-refractivity contribution is 0.303. The quantitative estimate of drug-likeness (QED) is 0.318. The van der Waals surface area contributed by atoms with Gasteiger partial charge in [0, 0.05) is 29.2 Å². The molecular formula is C26H25Cl2NO2. The number of methoxy groups -OCH3 is 1. The second kappa shape index (κ2) is 11.1. The van der Waals surface area contributed by atoms with Gasteiger partial charge < -0.3 is 14.8 Å². The van der Waals surface area contributed by atoms with Crippen LogP contribution in [0.1, 0.15) is 16.7 Å². The molecule has 4 aromatic rings. The van der Waals surface area contributed by atoms with Gasteiger partial charge in [0.1, 0.15) is 18.1 Å². The molecule has 5 heteroatoms. The predicted octanol–water partition coefficient (Wildman–Crippen LogP) is 6.79. The number of rotatable bonds is 8. The van der Waals surface area contributed by atoms with Gasteiger partial charge in [-0.1, -0.05) is 72.3 Å². The topological polar surface area (TPSA) is 30.5 Å². The molecule has 0 spiro atoms. The Hall–Kier alpha value is -2.72. The first kappa shape index (κ1) is 23.0. The summed E-state index contributed by atoms with van der Waals surface area (Å²) >= 11 is 6.30. The maximum atomic E-state index is 6.30. The highest BCUT2D eigenvalue weighted by molar-refractivity contribution is 6.31. The van der Waals surface area contributed by atoms with E-state index in [1.54, 1.807) is 7.11 Å². The van der Waals surface area contributed by atoms with Crippen LogP contribution in [0.2, 0.25) is 5.02 Å². The highest BCUT2D eigenvalue weighted by Crippen LogP contribution is 2.29. The van der Waals surface area contributed by atoms with E-state index in [2.05, 4.69) is 47.8 Å². The largest absolute Gasteiger partial charge is 0.497 e. The van der Waals surface area contributed by atoms with Crippen LogP contribution in [-0.4, -0.2) is 7.11 Å². The number of ether oxygens (including phenoxy) is 2. The summed E-state index contributed by atoms with van der Waals surface area (Å²) in [5.74, 6) is 1.74. The third-order valence-electron chi connectivity index (χ3n) is 5.13. The summed E-state index contributed by atoms with van der Waals surface area (Å²) in [6.07, 6.45) is 0. The molecule has 4 aromatic carbocycles. The minimum Gasteiger partial charge on any atom is -0.497 e. The first-order chi connectivity index (χ1) is 14.7. The second-order valence-corrected chi connectivity index (χ2v) is 7.50. The van der Waals surface area contributed by atoms with E-state index in [1.807, 2.05) is 42.5 Å². The van der Waals surface area contributed by atoms with Gasteiger partial charge in [-0.05, 0) is 40.6 Å². The van der Waals surface area contributed by atoms with E-state index in [4.69, 9.17) is 21.1 Å². The van der Waals surface area contributed by atoms with Crippen LogP contribution in [0, 0.1) is 0 Å². The summed E-state index contributed by atoms with van der Waals surface area (Å²) in [5, 5.41) is 6.66. The highest BCUT2D eigenvalue weighted by Gasteiger charge is 2.10. The van der Waals surface area contributed by atoms with Gasteiger partial charge in [0.25, 0.3) is 0 Å². The molecule has 0 saturated heterocycles. The molecule has 3 nitrogen and oxygen atoms in total. The van der Waals surface area contributed by atoms with Gasteiger partial charge in [-0.25, -0.2) is 0 Å². The Morgan fingerprint density at radius 1 is 0.806 bits per heavy atom. The fraction of sp³-hybridized carbons (Fsp3) is 0.154. The SMILES string of the molecule is COc1ccc(CNCc2c(OCc3ccccc3Cl)ccc3ccccc23)cc1.Cl. The van der Waals surface area contributed by atoms with Crippen LogP contribution in [0.3, 0.4) is 0 Å². The summed E-state index contributed by atoms with van der Waals surface area (Å²) in [6.45, 7) is 1.89. The van der Waals surface area contributed by atoms with Crippen molar-refractivity contribution in [1.29, 1.82) is 0 Å². The monoisotopic (exact) mass is 453 g/mol. The van der Waals surface area contributed by atoms with Crippen molar-refractivity contribution in [2.75, 3.05) is 7.11 Å². The van der Waals surface area contributed by atoms with Gasteiger partial charge in [-0.3, -0.25) is 0 Å². The van der Waals surface area contributed by atoms with Crippen molar-refractivity contribution >= 4 is 34.8 Å². The third kappa shape index (κ3) is 5.71. The van der Waals surface area contributed by atoms with E-state index >= 15 is 0 Å². The van der Waals surface area contributed by atoms with Crippen molar-refractivity contribution < 1.29 is 9.47 Å². The average molecular weight is 454 g/mol. The van der Waals surface area contributed by atoms with E-state index in [9.17, 15) is 0 Å². The number of hydrogen-bond donors (Lipinski definition) is 1. The molecule has 0 amide bonds. The minimum absolute atomic E-state index is 0. The number of halogens is 2. The summed E-state index contributed by atoms with van der Waals surface area (Å²) in [4.78, 5) is 0. The molecule has 0 saturated carbocycles. The standard InChI is InChI=1S/C26H24ClNO2.ClH/c1-29-22-13-10-19(11-14-22)16-28-17-24-23-8-4-2-6-20(23)12-15-26(24)30-18-21-7-3-5-9-25(21)27;/h2-15,28H,16-18H2,1H3;1H. The Bertz CT molecular complexity index is 1130. The Balaban J connectivity index is 0.00000272. The molecule has 1 N–H and O–H groups in total. The Kier molecular flexibility index (Phi) is 8.19. The van der Waals surface area contributed by atoms with Crippen LogP contribution in [0.4, 0.5) is 0 Å². The lowest BCUT2D eigenvalue weighted by Gasteiger charge is -2.16. The van der Waals surface area contributed by atoms with Crippen molar-refractivity contribution in [2.45, 2.75) is 19.7 Å². The molecule has 0 radical (unpaired) electrons. The molecule has 0 aliphatic carbocycles. The highest BCUT2D eigenvalue weighted by atomic mass is 35.5. The van der Waals surface area contributed by atoms with Crippen LogP contribution in [-0.2, 0) is 19.7 Å². The van der Waals surface area contributed by atoms with Crippen LogP contribution in [0.25, 0.3) is 10.8 Å². The smallest absolute Gasteiger partial charge is 0.124 e. The van der Waals surface area contributed by atoms with Gasteiger partial charge in [-0.2, -0.15) is 0 Å². The zero-order chi connectivity index (χ0) is 20.8. The second-order valence-electron chi connectivity index (χ2n) is 7.10. The zero-order valence-electron chi connectivity index (χ0n) is 17.3. The van der Waals surface area contributed by atoms with Crippen LogP contribution in [0.15, 0.2) is 84.9 Å². The minimum atomic E-state index is 0. The maximum absolute atomic E-state index is 6.30. The predicted molar refractivity (Wildman–Crippen MR) is 131 cm³/mol. The number of nitrogens with one attached hydrogen (secondary N) is 1. The molecular weight excluding hydrogens is 429 g/mol. The Morgan fingerprint density at radius 2 is 1.55 bits per heavy atom. The molecule has 0 aliphatic heterocycles. The normalized spacial score (nSPS) is 10.5. The van der Waals surface area contributed by atoms with Crippen molar-refractivity contribution in [2.24, 2.45) is 0 Å². The molecule has 0 unspecified atom stereocenters.